The summed E-state index contributed by atoms with van der Waals surface area (Å²) in [5.74, 6) is -0.593. The molecule has 6 nitrogen and oxygen atoms in total. The Labute approximate surface area is 152 Å². The van der Waals surface area contributed by atoms with Crippen LogP contribution in [0.4, 0.5) is 9.18 Å². The molecule has 0 unspecified atom stereocenters. The molecule has 2 fully saturated rings. The van der Waals surface area contributed by atoms with Crippen molar-refractivity contribution in [3.63, 3.8) is 0 Å². The Morgan fingerprint density at radius 3 is 2.65 bits per heavy atom. The molecule has 142 valence electrons. The normalized spacial score (nSPS) is 22.0. The summed E-state index contributed by atoms with van der Waals surface area (Å²) < 4.78 is 13.9. The molecule has 26 heavy (non-hydrogen) atoms. The molecule has 3 rings (SSSR count). The summed E-state index contributed by atoms with van der Waals surface area (Å²) in [5.41, 5.74) is 1.65. The van der Waals surface area contributed by atoms with E-state index in [4.69, 9.17) is 5.11 Å². The molecule has 0 heterocycles. The number of hydrogen-bond donors (Lipinski definition) is 3. The average Bonchev–Trinajstić information content (AvgIpc) is 3.40. The van der Waals surface area contributed by atoms with Gasteiger partial charge in [-0.05, 0) is 49.8 Å². The zero-order valence-electron chi connectivity index (χ0n) is 15.0. The fourth-order valence-corrected chi connectivity index (χ4v) is 3.49. The van der Waals surface area contributed by atoms with Gasteiger partial charge in [-0.25, -0.2) is 9.18 Å². The van der Waals surface area contributed by atoms with Crippen LogP contribution in [0.15, 0.2) is 18.2 Å². The lowest BCUT2D eigenvalue weighted by Gasteiger charge is -2.42. The Balaban J connectivity index is 1.41. The van der Waals surface area contributed by atoms with Crippen molar-refractivity contribution >= 4 is 12.0 Å². The molecule has 2 saturated carbocycles. The van der Waals surface area contributed by atoms with Crippen molar-refractivity contribution < 1.29 is 19.1 Å². The number of amides is 2. The number of benzene rings is 1. The van der Waals surface area contributed by atoms with Crippen molar-refractivity contribution in [3.05, 3.63) is 35.1 Å². The van der Waals surface area contributed by atoms with Gasteiger partial charge in [-0.1, -0.05) is 19.1 Å². The van der Waals surface area contributed by atoms with E-state index in [1.54, 1.807) is 0 Å². The number of carboxylic acids is 1. The molecule has 7 heteroatoms. The van der Waals surface area contributed by atoms with Gasteiger partial charge in [-0.15, -0.1) is 0 Å². The number of rotatable bonds is 8. The van der Waals surface area contributed by atoms with Crippen molar-refractivity contribution in [1.29, 1.82) is 0 Å². The van der Waals surface area contributed by atoms with Crippen molar-refractivity contribution in [2.75, 3.05) is 13.1 Å². The van der Waals surface area contributed by atoms with E-state index >= 15 is 0 Å². The minimum Gasteiger partial charge on any atom is -0.480 e. The second-order valence-corrected chi connectivity index (χ2v) is 7.23. The van der Waals surface area contributed by atoms with Gasteiger partial charge in [0.25, 0.3) is 0 Å². The van der Waals surface area contributed by atoms with Crippen LogP contribution in [0.3, 0.4) is 0 Å². The van der Waals surface area contributed by atoms with E-state index in [0.29, 0.717) is 18.0 Å². The van der Waals surface area contributed by atoms with Crippen LogP contribution in [0.25, 0.3) is 0 Å². The van der Waals surface area contributed by atoms with Crippen LogP contribution in [-0.4, -0.2) is 47.2 Å². The molecular weight excluding hydrogens is 337 g/mol. The van der Waals surface area contributed by atoms with Gasteiger partial charge >= 0.3 is 12.0 Å². The molecule has 0 aliphatic heterocycles. The number of nitrogens with one attached hydrogen (secondary N) is 2. The molecule has 1 aromatic carbocycles. The number of urea groups is 1. The van der Waals surface area contributed by atoms with Gasteiger partial charge in [0.2, 0.25) is 0 Å². The number of halogens is 1. The van der Waals surface area contributed by atoms with E-state index in [9.17, 15) is 14.0 Å². The molecular formula is C19H26FN3O3. The Bertz CT molecular complexity index is 672. The number of nitrogens with zero attached hydrogens (tertiary/aromatic N) is 1. The van der Waals surface area contributed by atoms with E-state index in [-0.39, 0.29) is 37.0 Å². The lowest BCUT2D eigenvalue weighted by atomic mass is 9.85. The maximum absolute atomic E-state index is 13.9. The Morgan fingerprint density at radius 1 is 1.31 bits per heavy atom. The quantitative estimate of drug-likeness (QED) is 0.663. The molecule has 0 atom stereocenters. The van der Waals surface area contributed by atoms with Gasteiger partial charge in [0, 0.05) is 24.2 Å². The molecule has 2 aliphatic rings. The number of carboxylic acid groups (broad SMARTS) is 1. The van der Waals surface area contributed by atoms with E-state index in [0.717, 1.165) is 31.2 Å². The average molecular weight is 363 g/mol. The van der Waals surface area contributed by atoms with Crippen LogP contribution in [0.1, 0.15) is 49.7 Å². The third kappa shape index (κ3) is 4.72. The van der Waals surface area contributed by atoms with Gasteiger partial charge in [0.05, 0.1) is 6.54 Å². The maximum Gasteiger partial charge on any atom is 0.317 e. The summed E-state index contributed by atoms with van der Waals surface area (Å²) in [5, 5.41) is 14.5. The van der Waals surface area contributed by atoms with Gasteiger partial charge in [-0.3, -0.25) is 9.69 Å². The predicted octanol–water partition coefficient (Wildman–Crippen LogP) is 2.44. The highest BCUT2D eigenvalue weighted by atomic mass is 19.1. The molecule has 0 radical (unpaired) electrons. The van der Waals surface area contributed by atoms with Crippen molar-refractivity contribution in [2.45, 2.75) is 57.2 Å². The van der Waals surface area contributed by atoms with Crippen LogP contribution in [-0.2, 0) is 11.3 Å². The Kier molecular flexibility index (Phi) is 5.76. The van der Waals surface area contributed by atoms with E-state index in [2.05, 4.69) is 10.6 Å². The number of likely N-dealkylation sites (N-methyl/N-ethyl adjacent to an activating group) is 1. The third-order valence-electron chi connectivity index (χ3n) is 5.27. The fourth-order valence-electron chi connectivity index (χ4n) is 3.49. The zero-order valence-corrected chi connectivity index (χ0v) is 15.0. The van der Waals surface area contributed by atoms with Crippen molar-refractivity contribution in [3.8, 4) is 0 Å². The largest absolute Gasteiger partial charge is 0.480 e. The monoisotopic (exact) mass is 363 g/mol. The summed E-state index contributed by atoms with van der Waals surface area (Å²) in [6.07, 6.45) is 3.77. The first-order chi connectivity index (χ1) is 12.5. The first-order valence-corrected chi connectivity index (χ1v) is 9.24. The molecule has 2 aliphatic carbocycles. The lowest BCUT2D eigenvalue weighted by molar-refractivity contribution is -0.139. The van der Waals surface area contributed by atoms with Gasteiger partial charge in [0.15, 0.2) is 0 Å². The fraction of sp³-hybridized carbons (Fsp3) is 0.579. The molecule has 0 aromatic heterocycles. The van der Waals surface area contributed by atoms with Gasteiger partial charge < -0.3 is 15.7 Å². The highest BCUT2D eigenvalue weighted by Crippen LogP contribution is 2.40. The summed E-state index contributed by atoms with van der Waals surface area (Å²) in [4.78, 5) is 24.8. The van der Waals surface area contributed by atoms with Crippen LogP contribution in [0.2, 0.25) is 0 Å². The third-order valence-corrected chi connectivity index (χ3v) is 5.27. The van der Waals surface area contributed by atoms with Gasteiger partial charge in [-0.2, -0.15) is 0 Å². The van der Waals surface area contributed by atoms with E-state index in [1.165, 1.54) is 6.07 Å². The molecule has 0 bridgehead atoms. The number of hydrogen-bond acceptors (Lipinski definition) is 3. The van der Waals surface area contributed by atoms with Crippen molar-refractivity contribution in [1.82, 2.24) is 15.5 Å². The highest BCUT2D eigenvalue weighted by molar-refractivity contribution is 5.74. The molecule has 0 saturated heterocycles. The minimum absolute atomic E-state index is 0.0245. The summed E-state index contributed by atoms with van der Waals surface area (Å²) in [6.45, 7) is 2.79. The lowest BCUT2D eigenvalue weighted by Crippen LogP contribution is -2.56. The van der Waals surface area contributed by atoms with Crippen LogP contribution < -0.4 is 10.6 Å². The highest BCUT2D eigenvalue weighted by Gasteiger charge is 2.34. The number of carbonyl (C=O) groups is 2. The predicted molar refractivity (Wildman–Crippen MR) is 95.4 cm³/mol. The zero-order chi connectivity index (χ0) is 18.7. The topological polar surface area (TPSA) is 81.7 Å². The molecule has 3 N–H and O–H groups in total. The number of carbonyl (C=O) groups excluding carboxylic acids is 1. The molecule has 2 amide bonds. The smallest absolute Gasteiger partial charge is 0.317 e. The van der Waals surface area contributed by atoms with Crippen LogP contribution in [0.5, 0.6) is 0 Å². The summed E-state index contributed by atoms with van der Waals surface area (Å²) in [7, 11) is 0. The first-order valence-electron chi connectivity index (χ1n) is 9.24. The maximum atomic E-state index is 13.9. The van der Waals surface area contributed by atoms with E-state index in [1.807, 2.05) is 24.0 Å². The molecule has 0 spiro atoms. The Hall–Kier alpha value is -2.15. The van der Waals surface area contributed by atoms with Crippen LogP contribution >= 0.6 is 0 Å². The summed E-state index contributed by atoms with van der Waals surface area (Å²) in [6, 6.07) is 5.05. The van der Waals surface area contributed by atoms with E-state index < -0.39 is 5.97 Å². The van der Waals surface area contributed by atoms with Crippen LogP contribution in [0, 0.1) is 5.82 Å². The summed E-state index contributed by atoms with van der Waals surface area (Å²) >= 11 is 0. The van der Waals surface area contributed by atoms with Gasteiger partial charge in [0.1, 0.15) is 5.82 Å². The second-order valence-electron chi connectivity index (χ2n) is 7.23. The minimum atomic E-state index is -0.837. The second kappa shape index (κ2) is 8.03. The standard InChI is InChI=1S/C19H26FN3O3/c1-2-23(11-18(24)25)16-8-15(9-16)22-19(26)21-10-14-7-13(12-3-4-12)5-6-17(14)20/h5-7,12,15-16H,2-4,8-11H2,1H3,(H,24,25)(H2,21,22,26). The SMILES string of the molecule is CCN(CC(=O)O)C1CC(NC(=O)NCc2cc(C3CC3)ccc2F)C1. The first kappa shape index (κ1) is 18.6. The molecule has 1 aromatic rings. The Morgan fingerprint density at radius 2 is 2.04 bits per heavy atom. The number of aliphatic carboxylic acids is 1. The van der Waals surface area contributed by atoms with Crippen molar-refractivity contribution in [2.24, 2.45) is 0 Å².